The van der Waals surface area contributed by atoms with Crippen molar-refractivity contribution in [3.8, 4) is 0 Å². The second kappa shape index (κ2) is 5.95. The fraction of sp³-hybridized carbons (Fsp3) is 0.533. The lowest BCUT2D eigenvalue weighted by atomic mass is 9.82. The van der Waals surface area contributed by atoms with Crippen molar-refractivity contribution in [3.63, 3.8) is 0 Å². The molecule has 1 fully saturated rings. The second-order valence-corrected chi connectivity index (χ2v) is 5.37. The summed E-state index contributed by atoms with van der Waals surface area (Å²) in [4.78, 5) is 11.5. The summed E-state index contributed by atoms with van der Waals surface area (Å²) in [5.41, 5.74) is 13.0. The minimum absolute atomic E-state index is 0.431. The molecule has 1 aromatic carbocycles. The molecule has 1 aliphatic carbocycles. The van der Waals surface area contributed by atoms with E-state index in [1.165, 1.54) is 25.7 Å². The number of carbonyl (C=O) groups excluding carboxylic acids is 1. The number of rotatable bonds is 4. The summed E-state index contributed by atoms with van der Waals surface area (Å²) in [7, 11) is 0. The zero-order chi connectivity index (χ0) is 13.8. The third-order valence-electron chi connectivity index (χ3n) is 4.08. The van der Waals surface area contributed by atoms with Crippen LogP contribution < -0.4 is 16.8 Å². The molecule has 4 heteroatoms. The van der Waals surface area contributed by atoms with E-state index in [9.17, 15) is 4.79 Å². The SMILES string of the molecule is CCC1CCCCC1Nc1ccc(N)cc1C(N)=O. The Labute approximate surface area is 114 Å². The Bertz CT molecular complexity index is 459. The standard InChI is InChI=1S/C15H23N3O/c1-2-10-5-3-4-6-13(10)18-14-8-7-11(16)9-12(14)15(17)19/h7-10,13,18H,2-6,16H2,1H3,(H2,17,19). The van der Waals surface area contributed by atoms with Gasteiger partial charge in [0.25, 0.3) is 5.91 Å². The summed E-state index contributed by atoms with van der Waals surface area (Å²) in [6.07, 6.45) is 6.13. The number of nitrogens with two attached hydrogens (primary N) is 2. The van der Waals surface area contributed by atoms with Crippen LogP contribution >= 0.6 is 0 Å². The number of hydrogen-bond acceptors (Lipinski definition) is 3. The molecule has 104 valence electrons. The second-order valence-electron chi connectivity index (χ2n) is 5.37. The molecule has 1 amide bonds. The molecule has 19 heavy (non-hydrogen) atoms. The van der Waals surface area contributed by atoms with Crippen molar-refractivity contribution in [3.05, 3.63) is 23.8 Å². The van der Waals surface area contributed by atoms with Gasteiger partial charge in [0, 0.05) is 17.4 Å². The van der Waals surface area contributed by atoms with Crippen molar-refractivity contribution < 1.29 is 4.79 Å². The predicted molar refractivity (Wildman–Crippen MR) is 79.0 cm³/mol. The molecule has 0 aromatic heterocycles. The maximum absolute atomic E-state index is 11.5. The number of nitrogen functional groups attached to an aromatic ring is 1. The van der Waals surface area contributed by atoms with E-state index in [2.05, 4.69) is 12.2 Å². The van der Waals surface area contributed by atoms with Crippen LogP contribution in [0.15, 0.2) is 18.2 Å². The zero-order valence-corrected chi connectivity index (χ0v) is 11.5. The Balaban J connectivity index is 2.20. The van der Waals surface area contributed by atoms with Gasteiger partial charge in [-0.05, 0) is 37.0 Å². The van der Waals surface area contributed by atoms with Crippen molar-refractivity contribution >= 4 is 17.3 Å². The number of carbonyl (C=O) groups is 1. The lowest BCUT2D eigenvalue weighted by molar-refractivity contribution is 0.100. The molecule has 0 aliphatic heterocycles. The fourth-order valence-corrected chi connectivity index (χ4v) is 2.98. The van der Waals surface area contributed by atoms with E-state index in [1.54, 1.807) is 12.1 Å². The molecule has 2 rings (SSSR count). The minimum Gasteiger partial charge on any atom is -0.399 e. The first-order valence-electron chi connectivity index (χ1n) is 7.07. The van der Waals surface area contributed by atoms with E-state index < -0.39 is 5.91 Å². The highest BCUT2D eigenvalue weighted by molar-refractivity contribution is 5.99. The van der Waals surface area contributed by atoms with Gasteiger partial charge in [0.15, 0.2) is 0 Å². The van der Waals surface area contributed by atoms with Crippen LogP contribution in [0.4, 0.5) is 11.4 Å². The van der Waals surface area contributed by atoms with Crippen LogP contribution in [0.5, 0.6) is 0 Å². The summed E-state index contributed by atoms with van der Waals surface area (Å²) in [6.45, 7) is 2.22. The molecule has 5 N–H and O–H groups in total. The van der Waals surface area contributed by atoms with Crippen molar-refractivity contribution in [2.24, 2.45) is 11.7 Å². The summed E-state index contributed by atoms with van der Waals surface area (Å²) in [6, 6.07) is 5.74. The maximum atomic E-state index is 11.5. The quantitative estimate of drug-likeness (QED) is 0.729. The van der Waals surface area contributed by atoms with Crippen LogP contribution in [0.3, 0.4) is 0 Å². The van der Waals surface area contributed by atoms with Crippen molar-refractivity contribution in [2.75, 3.05) is 11.1 Å². The van der Waals surface area contributed by atoms with E-state index in [4.69, 9.17) is 11.5 Å². The monoisotopic (exact) mass is 261 g/mol. The van der Waals surface area contributed by atoms with Gasteiger partial charge in [-0.3, -0.25) is 4.79 Å². The summed E-state index contributed by atoms with van der Waals surface area (Å²) in [5, 5.41) is 3.50. The molecule has 0 radical (unpaired) electrons. The normalized spacial score (nSPS) is 23.0. The first-order chi connectivity index (χ1) is 9.11. The molecule has 0 heterocycles. The molecule has 2 atom stereocenters. The maximum Gasteiger partial charge on any atom is 0.250 e. The van der Waals surface area contributed by atoms with Crippen LogP contribution in [0.25, 0.3) is 0 Å². The van der Waals surface area contributed by atoms with Gasteiger partial charge in [-0.2, -0.15) is 0 Å². The highest BCUT2D eigenvalue weighted by Gasteiger charge is 2.24. The van der Waals surface area contributed by atoms with Crippen molar-refractivity contribution in [2.45, 2.75) is 45.1 Å². The first-order valence-corrected chi connectivity index (χ1v) is 7.07. The van der Waals surface area contributed by atoms with E-state index in [1.807, 2.05) is 6.07 Å². The number of nitrogens with one attached hydrogen (secondary N) is 1. The fourth-order valence-electron chi connectivity index (χ4n) is 2.98. The Morgan fingerprint density at radius 2 is 2.11 bits per heavy atom. The average molecular weight is 261 g/mol. The molecule has 0 bridgehead atoms. The van der Waals surface area contributed by atoms with Gasteiger partial charge < -0.3 is 16.8 Å². The lowest BCUT2D eigenvalue weighted by Gasteiger charge is -2.32. The summed E-state index contributed by atoms with van der Waals surface area (Å²) >= 11 is 0. The van der Waals surface area contributed by atoms with Gasteiger partial charge in [-0.25, -0.2) is 0 Å². The third kappa shape index (κ3) is 3.19. The molecule has 1 aliphatic rings. The third-order valence-corrected chi connectivity index (χ3v) is 4.08. The molecule has 0 saturated heterocycles. The van der Waals surface area contributed by atoms with Gasteiger partial charge in [0.2, 0.25) is 0 Å². The Kier molecular flexibility index (Phi) is 4.30. The first kappa shape index (κ1) is 13.7. The van der Waals surface area contributed by atoms with Gasteiger partial charge in [0.05, 0.1) is 5.56 Å². The topological polar surface area (TPSA) is 81.1 Å². The molecule has 1 saturated carbocycles. The lowest BCUT2D eigenvalue weighted by Crippen LogP contribution is -2.32. The van der Waals surface area contributed by atoms with E-state index in [0.717, 1.165) is 12.1 Å². The predicted octanol–water partition coefficient (Wildman–Crippen LogP) is 2.75. The van der Waals surface area contributed by atoms with E-state index in [0.29, 0.717) is 23.2 Å². The summed E-state index contributed by atoms with van der Waals surface area (Å²) < 4.78 is 0. The van der Waals surface area contributed by atoms with Gasteiger partial charge in [0.1, 0.15) is 0 Å². The van der Waals surface area contributed by atoms with Crippen molar-refractivity contribution in [1.29, 1.82) is 0 Å². The van der Waals surface area contributed by atoms with Crippen LogP contribution in [0, 0.1) is 5.92 Å². The largest absolute Gasteiger partial charge is 0.399 e. The van der Waals surface area contributed by atoms with E-state index >= 15 is 0 Å². The molecule has 0 spiro atoms. The molecule has 1 aromatic rings. The Morgan fingerprint density at radius 3 is 2.79 bits per heavy atom. The minimum atomic E-state index is -0.432. The van der Waals surface area contributed by atoms with Crippen LogP contribution in [0.1, 0.15) is 49.4 Å². The highest BCUT2D eigenvalue weighted by Crippen LogP contribution is 2.30. The Morgan fingerprint density at radius 1 is 1.37 bits per heavy atom. The van der Waals surface area contributed by atoms with E-state index in [-0.39, 0.29) is 0 Å². The number of benzene rings is 1. The molecular formula is C15H23N3O. The van der Waals surface area contributed by atoms with Gasteiger partial charge in [-0.15, -0.1) is 0 Å². The average Bonchev–Trinajstić information content (AvgIpc) is 2.41. The van der Waals surface area contributed by atoms with Crippen LogP contribution in [0.2, 0.25) is 0 Å². The molecule has 4 nitrogen and oxygen atoms in total. The molecular weight excluding hydrogens is 238 g/mol. The highest BCUT2D eigenvalue weighted by atomic mass is 16.1. The number of anilines is 2. The van der Waals surface area contributed by atoms with Crippen LogP contribution in [-0.4, -0.2) is 11.9 Å². The summed E-state index contributed by atoms with van der Waals surface area (Å²) in [5.74, 6) is 0.241. The Hall–Kier alpha value is -1.71. The number of primary amides is 1. The van der Waals surface area contributed by atoms with Gasteiger partial charge in [-0.1, -0.05) is 26.2 Å². The number of amides is 1. The van der Waals surface area contributed by atoms with Gasteiger partial charge >= 0.3 is 0 Å². The number of hydrogen-bond donors (Lipinski definition) is 3. The van der Waals surface area contributed by atoms with Crippen molar-refractivity contribution in [1.82, 2.24) is 0 Å². The smallest absolute Gasteiger partial charge is 0.250 e. The molecule has 2 unspecified atom stereocenters. The zero-order valence-electron chi connectivity index (χ0n) is 11.5. The van der Waals surface area contributed by atoms with Crippen LogP contribution in [-0.2, 0) is 0 Å².